The fourth-order valence-electron chi connectivity index (χ4n) is 3.86. The number of amides is 1. The van der Waals surface area contributed by atoms with Crippen molar-refractivity contribution in [1.82, 2.24) is 25.0 Å². The molecule has 0 saturated carbocycles. The Morgan fingerprint density at radius 1 is 1.06 bits per heavy atom. The van der Waals surface area contributed by atoms with E-state index < -0.39 is 0 Å². The van der Waals surface area contributed by atoms with Gasteiger partial charge in [0.1, 0.15) is 5.82 Å². The average Bonchev–Trinajstić information content (AvgIpc) is 3.17. The van der Waals surface area contributed by atoms with Crippen LogP contribution in [-0.2, 0) is 4.79 Å². The van der Waals surface area contributed by atoms with Gasteiger partial charge in [0.2, 0.25) is 5.91 Å². The van der Waals surface area contributed by atoms with Crippen molar-refractivity contribution in [1.29, 1.82) is 0 Å². The van der Waals surface area contributed by atoms with Gasteiger partial charge in [-0.25, -0.2) is 0 Å². The number of aryl methyl sites for hydroxylation is 3. The number of nitrogens with zero attached hydrogens (tertiary/aromatic N) is 4. The van der Waals surface area contributed by atoms with Crippen LogP contribution in [0.4, 0.5) is 0 Å². The number of hydrogen-bond donors (Lipinski definition) is 1. The minimum Gasteiger partial charge on any atom is -0.353 e. The Kier molecular flexibility index (Phi) is 8.47. The zero-order valence-corrected chi connectivity index (χ0v) is 20.4. The monoisotopic (exact) mass is 451 g/mol. The summed E-state index contributed by atoms with van der Waals surface area (Å²) < 4.78 is 2.03. The van der Waals surface area contributed by atoms with Gasteiger partial charge in [-0.3, -0.25) is 14.3 Å². The second-order valence-electron chi connectivity index (χ2n) is 7.90. The molecule has 1 unspecified atom stereocenters. The minimum atomic E-state index is -0.00347. The van der Waals surface area contributed by atoms with Crippen LogP contribution >= 0.6 is 11.8 Å². The summed E-state index contributed by atoms with van der Waals surface area (Å²) in [7, 11) is 0. The molecule has 0 bridgehead atoms. The van der Waals surface area contributed by atoms with E-state index in [9.17, 15) is 4.79 Å². The van der Waals surface area contributed by atoms with Gasteiger partial charge >= 0.3 is 0 Å². The lowest BCUT2D eigenvalue weighted by molar-refractivity contribution is -0.118. The smallest absolute Gasteiger partial charge is 0.230 e. The minimum absolute atomic E-state index is 0.00347. The maximum Gasteiger partial charge on any atom is 0.230 e. The van der Waals surface area contributed by atoms with Crippen LogP contribution in [0.1, 0.15) is 42.4 Å². The molecule has 0 spiro atoms. The molecule has 0 aliphatic carbocycles. The highest BCUT2D eigenvalue weighted by Crippen LogP contribution is 2.25. The van der Waals surface area contributed by atoms with Gasteiger partial charge in [-0.05, 0) is 56.6 Å². The summed E-state index contributed by atoms with van der Waals surface area (Å²) >= 11 is 1.42. The Morgan fingerprint density at radius 3 is 2.47 bits per heavy atom. The number of rotatable bonds is 10. The molecule has 0 radical (unpaired) electrons. The van der Waals surface area contributed by atoms with Crippen molar-refractivity contribution in [3.8, 4) is 5.69 Å². The number of carbonyl (C=O) groups excluding carboxylic acids is 1. The van der Waals surface area contributed by atoms with Gasteiger partial charge in [0.25, 0.3) is 0 Å². The molecular formula is C25H33N5OS. The predicted octanol–water partition coefficient (Wildman–Crippen LogP) is 4.48. The van der Waals surface area contributed by atoms with E-state index in [0.29, 0.717) is 12.3 Å². The first-order valence-corrected chi connectivity index (χ1v) is 12.1. The second-order valence-corrected chi connectivity index (χ2v) is 8.84. The van der Waals surface area contributed by atoms with Gasteiger partial charge in [0, 0.05) is 6.54 Å². The summed E-state index contributed by atoms with van der Waals surface area (Å²) in [6, 6.07) is 16.8. The standard InChI is InChI=1S/C25H33N5OS/c1-6-29(7-2)23(21-11-9-8-10-12-21)16-26-24(31)17-32-25-28-27-20(5)30(25)22-15-18(3)13-14-19(22)4/h8-15,23H,6-7,16-17H2,1-5H3,(H,26,31). The van der Waals surface area contributed by atoms with Gasteiger partial charge < -0.3 is 5.32 Å². The number of nitrogens with one attached hydrogen (secondary N) is 1. The second kappa shape index (κ2) is 11.3. The number of hydrogen-bond acceptors (Lipinski definition) is 5. The Hall–Kier alpha value is -2.64. The molecule has 1 amide bonds. The van der Waals surface area contributed by atoms with Crippen LogP contribution < -0.4 is 5.32 Å². The van der Waals surface area contributed by atoms with E-state index in [2.05, 4.69) is 78.4 Å². The lowest BCUT2D eigenvalue weighted by atomic mass is 10.1. The lowest BCUT2D eigenvalue weighted by Gasteiger charge is -2.30. The Balaban J connectivity index is 1.67. The maximum absolute atomic E-state index is 12.7. The summed E-state index contributed by atoms with van der Waals surface area (Å²) in [6.07, 6.45) is 0. The highest BCUT2D eigenvalue weighted by Gasteiger charge is 2.19. The molecule has 32 heavy (non-hydrogen) atoms. The third-order valence-electron chi connectivity index (χ3n) is 5.66. The third kappa shape index (κ3) is 5.78. The van der Waals surface area contributed by atoms with Crippen molar-refractivity contribution in [3.05, 3.63) is 71.0 Å². The maximum atomic E-state index is 12.7. The van der Waals surface area contributed by atoms with Crippen LogP contribution in [0.15, 0.2) is 53.7 Å². The van der Waals surface area contributed by atoms with Gasteiger partial charge in [0.05, 0.1) is 17.5 Å². The van der Waals surface area contributed by atoms with E-state index >= 15 is 0 Å². The van der Waals surface area contributed by atoms with E-state index in [1.807, 2.05) is 29.7 Å². The first-order valence-electron chi connectivity index (χ1n) is 11.1. The van der Waals surface area contributed by atoms with Crippen LogP contribution in [0.5, 0.6) is 0 Å². The number of benzene rings is 2. The summed E-state index contributed by atoms with van der Waals surface area (Å²) in [5.41, 5.74) is 4.60. The fraction of sp³-hybridized carbons (Fsp3) is 0.400. The summed E-state index contributed by atoms with van der Waals surface area (Å²) in [5.74, 6) is 1.10. The Bertz CT molecular complexity index is 1030. The van der Waals surface area contributed by atoms with Crippen LogP contribution in [-0.4, -0.2) is 51.0 Å². The van der Waals surface area contributed by atoms with E-state index in [1.165, 1.54) is 22.9 Å². The highest BCUT2D eigenvalue weighted by molar-refractivity contribution is 7.99. The highest BCUT2D eigenvalue weighted by atomic mass is 32.2. The molecule has 1 atom stereocenters. The van der Waals surface area contributed by atoms with E-state index in [1.54, 1.807) is 0 Å². The molecule has 2 aromatic carbocycles. The van der Waals surface area contributed by atoms with Crippen molar-refractivity contribution in [2.75, 3.05) is 25.4 Å². The molecule has 1 aromatic heterocycles. The van der Waals surface area contributed by atoms with E-state index in [4.69, 9.17) is 0 Å². The molecule has 1 heterocycles. The summed E-state index contributed by atoms with van der Waals surface area (Å²) in [6.45, 7) is 12.8. The van der Waals surface area contributed by atoms with Crippen LogP contribution in [0.3, 0.4) is 0 Å². The molecule has 170 valence electrons. The fourth-order valence-corrected chi connectivity index (χ4v) is 4.68. The first kappa shape index (κ1) is 24.0. The topological polar surface area (TPSA) is 63.1 Å². The van der Waals surface area contributed by atoms with Crippen molar-refractivity contribution in [2.45, 2.75) is 45.8 Å². The zero-order chi connectivity index (χ0) is 23.1. The van der Waals surface area contributed by atoms with E-state index in [0.717, 1.165) is 35.3 Å². The van der Waals surface area contributed by atoms with Gasteiger partial charge in [0.15, 0.2) is 5.16 Å². The quantitative estimate of drug-likeness (QED) is 0.460. The summed E-state index contributed by atoms with van der Waals surface area (Å²) in [5, 5.41) is 12.4. The average molecular weight is 452 g/mol. The van der Waals surface area contributed by atoms with Crippen molar-refractivity contribution in [2.24, 2.45) is 0 Å². The van der Waals surface area contributed by atoms with Crippen LogP contribution in [0, 0.1) is 20.8 Å². The molecule has 0 fully saturated rings. The number of thioether (sulfide) groups is 1. The van der Waals surface area contributed by atoms with Crippen molar-refractivity contribution >= 4 is 17.7 Å². The molecule has 6 nitrogen and oxygen atoms in total. The molecule has 1 N–H and O–H groups in total. The molecule has 0 aliphatic heterocycles. The SMILES string of the molecule is CCN(CC)C(CNC(=O)CSc1nnc(C)n1-c1cc(C)ccc1C)c1ccccc1. The zero-order valence-electron chi connectivity index (χ0n) is 19.6. The van der Waals surface area contributed by atoms with E-state index in [-0.39, 0.29) is 11.9 Å². The number of likely N-dealkylation sites (N-methyl/N-ethyl adjacent to an activating group) is 1. The molecule has 7 heteroatoms. The molecule has 0 aliphatic rings. The van der Waals surface area contributed by atoms with Crippen LogP contribution in [0.25, 0.3) is 5.69 Å². The molecule has 0 saturated heterocycles. The molecule has 3 aromatic rings. The number of aromatic nitrogens is 3. The molecular weight excluding hydrogens is 418 g/mol. The number of carbonyl (C=O) groups is 1. The first-order chi connectivity index (χ1) is 15.4. The summed E-state index contributed by atoms with van der Waals surface area (Å²) in [4.78, 5) is 15.1. The largest absolute Gasteiger partial charge is 0.353 e. The lowest BCUT2D eigenvalue weighted by Crippen LogP contribution is -2.38. The van der Waals surface area contributed by atoms with Crippen molar-refractivity contribution < 1.29 is 4.79 Å². The molecule has 3 rings (SSSR count). The van der Waals surface area contributed by atoms with Gasteiger partial charge in [-0.2, -0.15) is 0 Å². The normalized spacial score (nSPS) is 12.2. The van der Waals surface area contributed by atoms with Gasteiger partial charge in [-0.15, -0.1) is 10.2 Å². The third-order valence-corrected chi connectivity index (χ3v) is 6.59. The Morgan fingerprint density at radius 2 is 1.78 bits per heavy atom. The Labute approximate surface area is 195 Å². The van der Waals surface area contributed by atoms with Crippen LogP contribution in [0.2, 0.25) is 0 Å². The van der Waals surface area contributed by atoms with Gasteiger partial charge in [-0.1, -0.05) is 68.1 Å². The van der Waals surface area contributed by atoms with Crippen molar-refractivity contribution in [3.63, 3.8) is 0 Å². The predicted molar refractivity (Wildman–Crippen MR) is 131 cm³/mol.